The minimum atomic E-state index is -0.503. The van der Waals surface area contributed by atoms with E-state index in [-0.39, 0.29) is 28.1 Å². The molecule has 1 fully saturated rings. The quantitative estimate of drug-likeness (QED) is 0.174. The number of hydrogen-bond acceptors (Lipinski definition) is 10. The molecule has 0 aliphatic carbocycles. The van der Waals surface area contributed by atoms with Gasteiger partial charge in [-0.05, 0) is 37.9 Å². The molecule has 2 aromatic carbocycles. The van der Waals surface area contributed by atoms with E-state index in [4.69, 9.17) is 32.7 Å². The van der Waals surface area contributed by atoms with Crippen LogP contribution in [0.25, 0.3) is 0 Å². The van der Waals surface area contributed by atoms with Gasteiger partial charge in [0.2, 0.25) is 5.91 Å². The number of likely N-dealkylation sites (N-methyl/N-ethyl adjacent to an activating group) is 1. The van der Waals surface area contributed by atoms with Crippen LogP contribution in [-0.4, -0.2) is 98.0 Å². The molecule has 3 aromatic rings. The average Bonchev–Trinajstić information content (AvgIpc) is 3.03. The number of anilines is 5. The van der Waals surface area contributed by atoms with Crippen molar-refractivity contribution in [3.05, 3.63) is 52.8 Å². The van der Waals surface area contributed by atoms with E-state index in [1.807, 2.05) is 18.2 Å². The first-order valence-electron chi connectivity index (χ1n) is 14.4. The number of carbonyl (C=O) groups is 2. The molecule has 0 unspecified atom stereocenters. The van der Waals surface area contributed by atoms with Crippen molar-refractivity contribution in [3.8, 4) is 11.5 Å². The van der Waals surface area contributed by atoms with Crippen molar-refractivity contribution in [2.24, 2.45) is 0 Å². The molecule has 0 radical (unpaired) electrons. The summed E-state index contributed by atoms with van der Waals surface area (Å²) in [5, 5.41) is 9.23. The number of ether oxygens (including phenoxy) is 2. The fraction of sp³-hybridized carbons (Fsp3) is 0.400. The molecule has 3 N–H and O–H groups in total. The lowest BCUT2D eigenvalue weighted by molar-refractivity contribution is -0.115. The van der Waals surface area contributed by atoms with E-state index in [0.29, 0.717) is 53.2 Å². The minimum Gasteiger partial charge on any atom is -0.495 e. The van der Waals surface area contributed by atoms with Gasteiger partial charge >= 0.3 is 6.03 Å². The molecule has 1 aromatic heterocycles. The molecule has 2 heterocycles. The van der Waals surface area contributed by atoms with Gasteiger partial charge in [-0.3, -0.25) is 9.69 Å². The Morgan fingerprint density at radius 1 is 0.978 bits per heavy atom. The molecular formula is C30H38Cl2N8O4S. The SMILES string of the molecule is COc1cc(OC)c(Cl)c(NC(=O)N(CCCN2CCN(C)CC2)c2cc(Nc3ccccc3NC(=O)CCS)ncn2)c1Cl. The number of nitrogens with one attached hydrogen (secondary N) is 3. The van der Waals surface area contributed by atoms with Crippen LogP contribution in [0.4, 0.5) is 33.5 Å². The number of urea groups is 1. The molecule has 3 amide bonds. The summed E-state index contributed by atoms with van der Waals surface area (Å²) in [7, 11) is 5.04. The lowest BCUT2D eigenvalue weighted by atomic mass is 10.2. The molecule has 0 spiro atoms. The van der Waals surface area contributed by atoms with Crippen LogP contribution in [-0.2, 0) is 4.79 Å². The predicted octanol–water partition coefficient (Wildman–Crippen LogP) is 5.48. The highest BCUT2D eigenvalue weighted by molar-refractivity contribution is 7.80. The molecule has 0 saturated carbocycles. The molecule has 1 saturated heterocycles. The zero-order chi connectivity index (χ0) is 32.3. The molecule has 1 aliphatic heterocycles. The molecular weight excluding hydrogens is 639 g/mol. The summed E-state index contributed by atoms with van der Waals surface area (Å²) in [4.78, 5) is 41.1. The van der Waals surface area contributed by atoms with Gasteiger partial charge in [-0.25, -0.2) is 14.8 Å². The van der Waals surface area contributed by atoms with Crippen LogP contribution in [0.15, 0.2) is 42.7 Å². The van der Waals surface area contributed by atoms with E-state index >= 15 is 0 Å². The Morgan fingerprint density at radius 2 is 1.64 bits per heavy atom. The average molecular weight is 678 g/mol. The summed E-state index contributed by atoms with van der Waals surface area (Å²) in [5.41, 5.74) is 1.37. The minimum absolute atomic E-state index is 0.135. The number of carbonyl (C=O) groups excluding carboxylic acids is 2. The van der Waals surface area contributed by atoms with Crippen molar-refractivity contribution in [1.82, 2.24) is 19.8 Å². The lowest BCUT2D eigenvalue weighted by Crippen LogP contribution is -2.45. The third-order valence-corrected chi connectivity index (χ3v) is 8.21. The smallest absolute Gasteiger partial charge is 0.327 e. The Kier molecular flexibility index (Phi) is 12.8. The largest absolute Gasteiger partial charge is 0.495 e. The summed E-state index contributed by atoms with van der Waals surface area (Å²) in [6, 6.07) is 9.98. The highest BCUT2D eigenvalue weighted by Gasteiger charge is 2.24. The van der Waals surface area contributed by atoms with E-state index in [9.17, 15) is 9.59 Å². The molecule has 1 aliphatic rings. The zero-order valence-electron chi connectivity index (χ0n) is 25.5. The summed E-state index contributed by atoms with van der Waals surface area (Å²) < 4.78 is 10.7. The van der Waals surface area contributed by atoms with Crippen molar-refractivity contribution in [2.75, 3.05) is 87.1 Å². The number of methoxy groups -OCH3 is 2. The second-order valence-corrected chi connectivity index (χ2v) is 11.5. The molecule has 15 heteroatoms. The van der Waals surface area contributed by atoms with Gasteiger partial charge in [0.05, 0.1) is 31.3 Å². The van der Waals surface area contributed by atoms with Crippen LogP contribution in [0.3, 0.4) is 0 Å². The molecule has 242 valence electrons. The van der Waals surface area contributed by atoms with Crippen LogP contribution < -0.4 is 30.3 Å². The van der Waals surface area contributed by atoms with Gasteiger partial charge in [0.25, 0.3) is 0 Å². The van der Waals surface area contributed by atoms with Crippen LogP contribution in [0.1, 0.15) is 12.8 Å². The van der Waals surface area contributed by atoms with Gasteiger partial charge in [-0.2, -0.15) is 12.6 Å². The van der Waals surface area contributed by atoms with E-state index in [0.717, 1.165) is 32.7 Å². The Bertz CT molecular complexity index is 1450. The summed E-state index contributed by atoms with van der Waals surface area (Å²) in [6.45, 7) is 5.07. The van der Waals surface area contributed by atoms with Gasteiger partial charge in [-0.1, -0.05) is 35.3 Å². The number of hydrogen-bond donors (Lipinski definition) is 4. The first-order chi connectivity index (χ1) is 21.7. The maximum atomic E-state index is 13.9. The Hall–Kier alpha value is -3.49. The van der Waals surface area contributed by atoms with Crippen molar-refractivity contribution in [2.45, 2.75) is 12.8 Å². The van der Waals surface area contributed by atoms with Gasteiger partial charge in [0, 0.05) is 51.3 Å². The van der Waals surface area contributed by atoms with Gasteiger partial charge in [-0.15, -0.1) is 0 Å². The molecule has 4 rings (SSSR count). The summed E-state index contributed by atoms with van der Waals surface area (Å²) in [5.74, 6) is 1.64. The number of rotatable bonds is 13. The van der Waals surface area contributed by atoms with Crippen molar-refractivity contribution in [1.29, 1.82) is 0 Å². The molecule has 45 heavy (non-hydrogen) atoms. The van der Waals surface area contributed by atoms with Crippen molar-refractivity contribution in [3.63, 3.8) is 0 Å². The lowest BCUT2D eigenvalue weighted by Gasteiger charge is -2.33. The second-order valence-electron chi connectivity index (χ2n) is 10.3. The van der Waals surface area contributed by atoms with Crippen LogP contribution in [0.2, 0.25) is 10.0 Å². The first kappa shape index (κ1) is 34.4. The second kappa shape index (κ2) is 16.7. The Morgan fingerprint density at radius 3 is 2.29 bits per heavy atom. The van der Waals surface area contributed by atoms with E-state index < -0.39 is 6.03 Å². The fourth-order valence-electron chi connectivity index (χ4n) is 4.73. The van der Waals surface area contributed by atoms with Gasteiger partial charge in [0.1, 0.15) is 39.5 Å². The Balaban J connectivity index is 1.60. The number of aromatic nitrogens is 2. The number of halogens is 2. The van der Waals surface area contributed by atoms with E-state index in [1.54, 1.807) is 18.2 Å². The van der Waals surface area contributed by atoms with Gasteiger partial charge < -0.3 is 35.2 Å². The number of thiol groups is 1. The van der Waals surface area contributed by atoms with Crippen LogP contribution in [0.5, 0.6) is 11.5 Å². The third kappa shape index (κ3) is 9.27. The fourth-order valence-corrected chi connectivity index (χ4v) is 5.53. The van der Waals surface area contributed by atoms with Gasteiger partial charge in [0.15, 0.2) is 0 Å². The summed E-state index contributed by atoms with van der Waals surface area (Å²) in [6.07, 6.45) is 2.34. The van der Waals surface area contributed by atoms with Crippen LogP contribution in [0, 0.1) is 0 Å². The number of benzene rings is 2. The van der Waals surface area contributed by atoms with Crippen LogP contribution >= 0.6 is 35.8 Å². The number of nitrogens with zero attached hydrogens (tertiary/aromatic N) is 5. The van der Waals surface area contributed by atoms with E-state index in [1.165, 1.54) is 25.4 Å². The normalized spacial score (nSPS) is 13.6. The highest BCUT2D eigenvalue weighted by atomic mass is 35.5. The van der Waals surface area contributed by atoms with Crippen molar-refractivity contribution < 1.29 is 19.1 Å². The Labute approximate surface area is 278 Å². The maximum absolute atomic E-state index is 13.9. The summed E-state index contributed by atoms with van der Waals surface area (Å²) >= 11 is 17.3. The maximum Gasteiger partial charge on any atom is 0.327 e. The molecule has 0 atom stereocenters. The predicted molar refractivity (Wildman–Crippen MR) is 183 cm³/mol. The highest BCUT2D eigenvalue weighted by Crippen LogP contribution is 2.44. The number of piperazine rings is 1. The topological polar surface area (TPSA) is 124 Å². The monoisotopic (exact) mass is 676 g/mol. The first-order valence-corrected chi connectivity index (χ1v) is 15.8. The molecule has 12 nitrogen and oxygen atoms in total. The third-order valence-electron chi connectivity index (χ3n) is 7.23. The molecule has 0 bridgehead atoms. The zero-order valence-corrected chi connectivity index (χ0v) is 27.9. The number of para-hydroxylation sites is 2. The van der Waals surface area contributed by atoms with Crippen molar-refractivity contribution >= 4 is 76.5 Å². The number of amides is 3. The van der Waals surface area contributed by atoms with E-state index in [2.05, 4.69) is 55.4 Å². The standard InChI is InChI=1S/C30H38Cl2N8O4S/c1-38-12-14-39(15-13-38)10-6-11-40(30(42)37-29-27(31)22(43-2)17-23(44-3)28(29)32)25-18-24(33-19-34-25)35-20-7-4-5-8-21(20)36-26(41)9-16-45/h4-5,7-8,17-19,45H,6,9-16H2,1-3H3,(H,36,41)(H,37,42)(H,33,34,35).